The van der Waals surface area contributed by atoms with Gasteiger partial charge in [-0.2, -0.15) is 4.37 Å². The van der Waals surface area contributed by atoms with Gasteiger partial charge < -0.3 is 15.0 Å². The van der Waals surface area contributed by atoms with E-state index in [1.54, 1.807) is 0 Å². The van der Waals surface area contributed by atoms with Gasteiger partial charge in [-0.3, -0.25) is 0 Å². The average molecular weight is 270 g/mol. The zero-order valence-corrected chi connectivity index (χ0v) is 11.5. The third-order valence-electron chi connectivity index (χ3n) is 2.82. The van der Waals surface area contributed by atoms with Gasteiger partial charge in [0.25, 0.3) is 0 Å². The Bertz CT molecular complexity index is 410. The van der Waals surface area contributed by atoms with Gasteiger partial charge in [0.1, 0.15) is 11.9 Å². The third-order valence-corrected chi connectivity index (χ3v) is 3.61. The van der Waals surface area contributed by atoms with E-state index in [0.717, 1.165) is 30.5 Å². The summed E-state index contributed by atoms with van der Waals surface area (Å²) < 4.78 is 9.37. The molecule has 0 bridgehead atoms. The van der Waals surface area contributed by atoms with E-state index >= 15 is 0 Å². The van der Waals surface area contributed by atoms with Gasteiger partial charge >= 0.3 is 5.97 Å². The normalized spacial score (nSPS) is 19.9. The maximum absolute atomic E-state index is 11.9. The Morgan fingerprint density at radius 3 is 3.11 bits per heavy atom. The smallest absolute Gasteiger partial charge is 0.330 e. The van der Waals surface area contributed by atoms with E-state index in [1.807, 2.05) is 18.7 Å². The summed E-state index contributed by atoms with van der Waals surface area (Å²) in [5.74, 6) is 0.633. The first kappa shape index (κ1) is 13.2. The minimum Gasteiger partial charge on any atom is -0.464 e. The van der Waals surface area contributed by atoms with E-state index in [1.165, 1.54) is 11.5 Å². The fourth-order valence-electron chi connectivity index (χ4n) is 1.89. The molecule has 2 heterocycles. The van der Waals surface area contributed by atoms with Crippen molar-refractivity contribution >= 4 is 22.6 Å². The number of nitrogens with one attached hydrogen (secondary N) is 1. The molecule has 1 aromatic rings. The van der Waals surface area contributed by atoms with Crippen LogP contribution in [0.4, 0.5) is 5.13 Å². The van der Waals surface area contributed by atoms with Crippen LogP contribution in [0.15, 0.2) is 0 Å². The van der Waals surface area contributed by atoms with E-state index in [2.05, 4.69) is 14.7 Å². The molecule has 2 rings (SSSR count). The molecular weight excluding hydrogens is 252 g/mol. The molecule has 1 N–H and O–H groups in total. The molecule has 18 heavy (non-hydrogen) atoms. The second kappa shape index (κ2) is 6.10. The van der Waals surface area contributed by atoms with Crippen LogP contribution in [0, 0.1) is 0 Å². The number of aromatic nitrogens is 2. The van der Waals surface area contributed by atoms with Crippen LogP contribution in [0.5, 0.6) is 0 Å². The number of anilines is 1. The summed E-state index contributed by atoms with van der Waals surface area (Å²) >= 11 is 1.35. The molecule has 0 aromatic carbocycles. The molecule has 1 unspecified atom stereocenters. The number of esters is 1. The molecule has 1 aromatic heterocycles. The van der Waals surface area contributed by atoms with Crippen molar-refractivity contribution in [2.75, 3.05) is 31.1 Å². The van der Waals surface area contributed by atoms with Gasteiger partial charge in [0, 0.05) is 37.6 Å². The van der Waals surface area contributed by atoms with Crippen molar-refractivity contribution in [3.05, 3.63) is 5.82 Å². The average Bonchev–Trinajstić information content (AvgIpc) is 2.87. The van der Waals surface area contributed by atoms with Gasteiger partial charge in [-0.25, -0.2) is 9.78 Å². The molecule has 1 fully saturated rings. The first-order valence-electron chi connectivity index (χ1n) is 6.22. The van der Waals surface area contributed by atoms with E-state index < -0.39 is 0 Å². The molecule has 6 nitrogen and oxygen atoms in total. The Balaban J connectivity index is 2.14. The number of nitrogens with zero attached hydrogens (tertiary/aromatic N) is 3. The van der Waals surface area contributed by atoms with Gasteiger partial charge in [-0.05, 0) is 6.92 Å². The lowest BCUT2D eigenvalue weighted by atomic mass is 10.2. The number of aryl methyl sites for hydroxylation is 1. The van der Waals surface area contributed by atoms with Crippen LogP contribution in [0.25, 0.3) is 0 Å². The Hall–Kier alpha value is -1.21. The van der Waals surface area contributed by atoms with Crippen LogP contribution in [0.1, 0.15) is 19.7 Å². The van der Waals surface area contributed by atoms with Crippen molar-refractivity contribution in [2.24, 2.45) is 0 Å². The van der Waals surface area contributed by atoms with E-state index in [4.69, 9.17) is 4.74 Å². The minimum atomic E-state index is -0.295. The zero-order valence-electron chi connectivity index (χ0n) is 10.7. The molecule has 1 aliphatic heterocycles. The summed E-state index contributed by atoms with van der Waals surface area (Å²) in [4.78, 5) is 18.3. The largest absolute Gasteiger partial charge is 0.464 e. The van der Waals surface area contributed by atoms with Crippen molar-refractivity contribution < 1.29 is 9.53 Å². The predicted octanol–water partition coefficient (Wildman–Crippen LogP) is 0.442. The maximum atomic E-state index is 11.9. The second-order valence-electron chi connectivity index (χ2n) is 4.01. The van der Waals surface area contributed by atoms with E-state index in [9.17, 15) is 4.79 Å². The fraction of sp³-hybridized carbons (Fsp3) is 0.727. The molecule has 0 aliphatic carbocycles. The first-order chi connectivity index (χ1) is 8.76. The van der Waals surface area contributed by atoms with Crippen molar-refractivity contribution in [3.8, 4) is 0 Å². The fourth-order valence-corrected chi connectivity index (χ4v) is 2.71. The molecule has 0 amide bonds. The first-order valence-corrected chi connectivity index (χ1v) is 7.00. The zero-order chi connectivity index (χ0) is 13.0. The Morgan fingerprint density at radius 2 is 2.44 bits per heavy atom. The van der Waals surface area contributed by atoms with E-state index in [-0.39, 0.29) is 12.0 Å². The molecule has 0 saturated carbocycles. The summed E-state index contributed by atoms with van der Waals surface area (Å²) in [5, 5.41) is 4.02. The van der Waals surface area contributed by atoms with Crippen LogP contribution < -0.4 is 10.2 Å². The Morgan fingerprint density at radius 1 is 1.61 bits per heavy atom. The maximum Gasteiger partial charge on any atom is 0.330 e. The highest BCUT2D eigenvalue weighted by molar-refractivity contribution is 7.09. The van der Waals surface area contributed by atoms with Crippen molar-refractivity contribution in [1.29, 1.82) is 0 Å². The minimum absolute atomic E-state index is 0.196. The Kier molecular flexibility index (Phi) is 4.48. The summed E-state index contributed by atoms with van der Waals surface area (Å²) in [6.07, 6.45) is 0.812. The number of hydrogen-bond donors (Lipinski definition) is 1. The van der Waals surface area contributed by atoms with Crippen LogP contribution in [0.3, 0.4) is 0 Å². The quantitative estimate of drug-likeness (QED) is 0.801. The highest BCUT2D eigenvalue weighted by atomic mass is 32.1. The van der Waals surface area contributed by atoms with E-state index in [0.29, 0.717) is 13.2 Å². The number of ether oxygens (including phenoxy) is 1. The predicted molar refractivity (Wildman–Crippen MR) is 69.9 cm³/mol. The van der Waals surface area contributed by atoms with Crippen molar-refractivity contribution in [1.82, 2.24) is 14.7 Å². The van der Waals surface area contributed by atoms with Gasteiger partial charge in [0.2, 0.25) is 5.13 Å². The molecule has 0 spiro atoms. The number of rotatable bonds is 4. The van der Waals surface area contributed by atoms with Gasteiger partial charge in [-0.15, -0.1) is 0 Å². The highest BCUT2D eigenvalue weighted by Crippen LogP contribution is 2.21. The summed E-state index contributed by atoms with van der Waals surface area (Å²) in [5.41, 5.74) is 0. The third kappa shape index (κ3) is 2.78. The molecule has 1 atom stereocenters. The van der Waals surface area contributed by atoms with Crippen LogP contribution in [-0.4, -0.2) is 47.6 Å². The number of hydrogen-bond acceptors (Lipinski definition) is 7. The standard InChI is InChI=1S/C11H18N4O2S/c1-3-9-13-11(18-14-9)15-6-5-12-7-8(15)10(16)17-4-2/h8,12H,3-7H2,1-2H3. The molecular formula is C11H18N4O2S. The summed E-state index contributed by atoms with van der Waals surface area (Å²) in [6.45, 7) is 6.43. The number of piperazine rings is 1. The monoisotopic (exact) mass is 270 g/mol. The molecule has 1 aliphatic rings. The highest BCUT2D eigenvalue weighted by Gasteiger charge is 2.31. The lowest BCUT2D eigenvalue weighted by Gasteiger charge is -2.33. The Labute approximate surface area is 111 Å². The van der Waals surface area contributed by atoms with Crippen molar-refractivity contribution in [3.63, 3.8) is 0 Å². The van der Waals surface area contributed by atoms with Crippen LogP contribution in [-0.2, 0) is 16.0 Å². The van der Waals surface area contributed by atoms with Crippen LogP contribution >= 0.6 is 11.5 Å². The number of carbonyl (C=O) groups excluding carboxylic acids is 1. The molecule has 0 radical (unpaired) electrons. The molecule has 1 saturated heterocycles. The number of carbonyl (C=O) groups is 1. The summed E-state index contributed by atoms with van der Waals surface area (Å²) in [7, 11) is 0. The van der Waals surface area contributed by atoms with Gasteiger partial charge in [0.05, 0.1) is 6.61 Å². The van der Waals surface area contributed by atoms with Crippen LogP contribution in [0.2, 0.25) is 0 Å². The summed E-state index contributed by atoms with van der Waals surface area (Å²) in [6, 6.07) is -0.295. The molecule has 7 heteroatoms. The molecule has 100 valence electrons. The lowest BCUT2D eigenvalue weighted by molar-refractivity contribution is -0.144. The van der Waals surface area contributed by atoms with Crippen molar-refractivity contribution in [2.45, 2.75) is 26.3 Å². The SMILES string of the molecule is CCOC(=O)C1CNCCN1c1nc(CC)ns1. The van der Waals surface area contributed by atoms with Gasteiger partial charge in [0.15, 0.2) is 0 Å². The topological polar surface area (TPSA) is 67.3 Å². The lowest BCUT2D eigenvalue weighted by Crippen LogP contribution is -2.55. The van der Waals surface area contributed by atoms with Gasteiger partial charge in [-0.1, -0.05) is 6.92 Å². The second-order valence-corrected chi connectivity index (χ2v) is 4.74.